The summed E-state index contributed by atoms with van der Waals surface area (Å²) in [5.74, 6) is 1.48. The van der Waals surface area contributed by atoms with E-state index in [1.807, 2.05) is 72.8 Å². The van der Waals surface area contributed by atoms with Gasteiger partial charge in [-0.25, -0.2) is 4.79 Å². The molecule has 0 aliphatic rings. The van der Waals surface area contributed by atoms with Gasteiger partial charge in [0.1, 0.15) is 18.1 Å². The summed E-state index contributed by atoms with van der Waals surface area (Å²) in [7, 11) is 1.61. The number of rotatable bonds is 8. The molecule has 0 unspecified atom stereocenters. The zero-order valence-corrected chi connectivity index (χ0v) is 16.7. The summed E-state index contributed by atoms with van der Waals surface area (Å²) < 4.78 is 11.0. The topological polar surface area (TPSA) is 83.4 Å². The molecule has 30 heavy (non-hydrogen) atoms. The third-order valence-corrected chi connectivity index (χ3v) is 4.38. The number of nitrogens with one attached hydrogen (secondary N) is 2. The highest BCUT2D eigenvalue weighted by molar-refractivity contribution is 5.89. The van der Waals surface area contributed by atoms with Gasteiger partial charge in [-0.3, -0.25) is 0 Å². The molecule has 152 valence electrons. The predicted molar refractivity (Wildman–Crippen MR) is 115 cm³/mol. The van der Waals surface area contributed by atoms with Crippen LogP contribution in [0.25, 0.3) is 0 Å². The minimum absolute atomic E-state index is 0.288. The smallest absolute Gasteiger partial charge is 0.319 e. The Bertz CT molecular complexity index is 1030. The van der Waals surface area contributed by atoms with E-state index in [1.165, 1.54) is 0 Å². The van der Waals surface area contributed by atoms with Gasteiger partial charge in [-0.2, -0.15) is 5.26 Å². The molecule has 0 aliphatic heterocycles. The molecule has 0 heterocycles. The number of methoxy groups -OCH3 is 1. The number of anilines is 1. The van der Waals surface area contributed by atoms with Gasteiger partial charge in [-0.15, -0.1) is 0 Å². The molecule has 0 aliphatic carbocycles. The van der Waals surface area contributed by atoms with Gasteiger partial charge in [-0.05, 0) is 53.1 Å². The van der Waals surface area contributed by atoms with Crippen molar-refractivity contribution in [1.29, 1.82) is 5.26 Å². The van der Waals surface area contributed by atoms with Crippen LogP contribution in [0.3, 0.4) is 0 Å². The number of amides is 2. The fourth-order valence-electron chi connectivity index (χ4n) is 2.84. The molecule has 0 atom stereocenters. The number of urea groups is 1. The standard InChI is InChI=1S/C24H23N3O3/c1-29-23-7-3-4-19(15-23)16-26-24(28)27-21-6-2-5-20(14-21)17-30-22-10-8-18(9-11-22)12-13-25/h2-11,14-15H,12,16-17H2,1H3,(H2,26,27,28). The largest absolute Gasteiger partial charge is 0.497 e. The van der Waals surface area contributed by atoms with E-state index in [0.717, 1.165) is 28.2 Å². The van der Waals surface area contributed by atoms with E-state index in [-0.39, 0.29) is 6.03 Å². The van der Waals surface area contributed by atoms with Crippen molar-refractivity contribution < 1.29 is 14.3 Å². The van der Waals surface area contributed by atoms with E-state index in [2.05, 4.69) is 16.7 Å². The first-order valence-corrected chi connectivity index (χ1v) is 9.51. The van der Waals surface area contributed by atoms with Crippen LogP contribution in [-0.4, -0.2) is 13.1 Å². The van der Waals surface area contributed by atoms with Crippen molar-refractivity contribution in [2.45, 2.75) is 19.6 Å². The summed E-state index contributed by atoms with van der Waals surface area (Å²) in [5.41, 5.74) is 3.52. The number of carbonyl (C=O) groups excluding carboxylic acids is 1. The first-order valence-electron chi connectivity index (χ1n) is 9.51. The number of nitrogens with zero attached hydrogens (tertiary/aromatic N) is 1. The third-order valence-electron chi connectivity index (χ3n) is 4.38. The molecule has 6 nitrogen and oxygen atoms in total. The minimum Gasteiger partial charge on any atom is -0.497 e. The minimum atomic E-state index is -0.288. The molecular weight excluding hydrogens is 378 g/mol. The lowest BCUT2D eigenvalue weighted by atomic mass is 10.1. The van der Waals surface area contributed by atoms with Gasteiger partial charge in [-0.1, -0.05) is 36.4 Å². The van der Waals surface area contributed by atoms with Gasteiger partial charge in [0.25, 0.3) is 0 Å². The van der Waals surface area contributed by atoms with Crippen molar-refractivity contribution in [2.75, 3.05) is 12.4 Å². The summed E-state index contributed by atoms with van der Waals surface area (Å²) in [6.45, 7) is 0.770. The molecular formula is C24H23N3O3. The second-order valence-electron chi connectivity index (χ2n) is 6.63. The van der Waals surface area contributed by atoms with Crippen molar-refractivity contribution in [1.82, 2.24) is 5.32 Å². The molecule has 2 N–H and O–H groups in total. The van der Waals surface area contributed by atoms with Crippen molar-refractivity contribution in [2.24, 2.45) is 0 Å². The van der Waals surface area contributed by atoms with Crippen LogP contribution in [0.4, 0.5) is 10.5 Å². The number of hydrogen-bond donors (Lipinski definition) is 2. The van der Waals surface area contributed by atoms with Gasteiger partial charge >= 0.3 is 6.03 Å². The number of ether oxygens (including phenoxy) is 2. The molecule has 0 fully saturated rings. The first-order chi connectivity index (χ1) is 14.7. The molecule has 6 heteroatoms. The lowest BCUT2D eigenvalue weighted by Crippen LogP contribution is -2.28. The quantitative estimate of drug-likeness (QED) is 0.575. The lowest BCUT2D eigenvalue weighted by Gasteiger charge is -2.11. The van der Waals surface area contributed by atoms with Crippen molar-refractivity contribution in [3.05, 3.63) is 89.5 Å². The highest BCUT2D eigenvalue weighted by Crippen LogP contribution is 2.17. The predicted octanol–water partition coefficient (Wildman–Crippen LogP) is 4.66. The van der Waals surface area contributed by atoms with Gasteiger partial charge < -0.3 is 20.1 Å². The van der Waals surface area contributed by atoms with Crippen molar-refractivity contribution >= 4 is 11.7 Å². The molecule has 3 aromatic carbocycles. The average molecular weight is 401 g/mol. The van der Waals surface area contributed by atoms with Gasteiger partial charge in [0.15, 0.2) is 0 Å². The molecule has 3 rings (SSSR count). The van der Waals surface area contributed by atoms with E-state index >= 15 is 0 Å². The molecule has 0 spiro atoms. The molecule has 0 saturated heterocycles. The third kappa shape index (κ3) is 6.28. The van der Waals surface area contributed by atoms with Crippen LogP contribution in [0.5, 0.6) is 11.5 Å². The molecule has 0 aromatic heterocycles. The van der Waals surface area contributed by atoms with Gasteiger partial charge in [0.2, 0.25) is 0 Å². The zero-order chi connectivity index (χ0) is 21.2. The summed E-state index contributed by atoms with van der Waals surface area (Å²) >= 11 is 0. The SMILES string of the molecule is COc1cccc(CNC(=O)Nc2cccc(COc3ccc(CC#N)cc3)c2)c1. The van der Waals surface area contributed by atoms with Crippen LogP contribution in [0.1, 0.15) is 16.7 Å². The van der Waals surface area contributed by atoms with Crippen LogP contribution in [0.15, 0.2) is 72.8 Å². The van der Waals surface area contributed by atoms with Crippen LogP contribution < -0.4 is 20.1 Å². The van der Waals surface area contributed by atoms with E-state index in [9.17, 15) is 4.79 Å². The van der Waals surface area contributed by atoms with Crippen LogP contribution in [0, 0.1) is 11.3 Å². The van der Waals surface area contributed by atoms with E-state index in [4.69, 9.17) is 14.7 Å². The van der Waals surface area contributed by atoms with Gasteiger partial charge in [0, 0.05) is 12.2 Å². The molecule has 0 bridgehead atoms. The zero-order valence-electron chi connectivity index (χ0n) is 16.7. The Morgan fingerprint density at radius 3 is 2.47 bits per heavy atom. The maximum Gasteiger partial charge on any atom is 0.319 e. The number of nitriles is 1. The van der Waals surface area contributed by atoms with E-state index < -0.39 is 0 Å². The van der Waals surface area contributed by atoms with Gasteiger partial charge in [0.05, 0.1) is 19.6 Å². The second-order valence-corrected chi connectivity index (χ2v) is 6.63. The molecule has 3 aromatic rings. The Morgan fingerprint density at radius 1 is 0.933 bits per heavy atom. The highest BCUT2D eigenvalue weighted by Gasteiger charge is 2.04. The Morgan fingerprint density at radius 2 is 1.70 bits per heavy atom. The maximum absolute atomic E-state index is 12.2. The summed E-state index contributed by atoms with van der Waals surface area (Å²) in [5, 5.41) is 14.4. The number of hydrogen-bond acceptors (Lipinski definition) is 4. The van der Waals surface area contributed by atoms with Crippen molar-refractivity contribution in [3.8, 4) is 17.6 Å². The molecule has 0 saturated carbocycles. The molecule has 2 amide bonds. The Hall–Kier alpha value is -3.98. The highest BCUT2D eigenvalue weighted by atomic mass is 16.5. The Labute approximate surface area is 176 Å². The lowest BCUT2D eigenvalue weighted by molar-refractivity contribution is 0.251. The van der Waals surface area contributed by atoms with Crippen LogP contribution in [0.2, 0.25) is 0 Å². The van der Waals surface area contributed by atoms with Crippen LogP contribution in [-0.2, 0) is 19.6 Å². The van der Waals surface area contributed by atoms with E-state index in [0.29, 0.717) is 25.3 Å². The monoisotopic (exact) mass is 401 g/mol. The summed E-state index contributed by atoms with van der Waals surface area (Å²) in [4.78, 5) is 12.2. The fraction of sp³-hybridized carbons (Fsp3) is 0.167. The second kappa shape index (κ2) is 10.5. The maximum atomic E-state index is 12.2. The Balaban J connectivity index is 1.50. The normalized spacial score (nSPS) is 10.0. The summed E-state index contributed by atoms with van der Waals surface area (Å²) in [6.07, 6.45) is 0.383. The fourth-order valence-corrected chi connectivity index (χ4v) is 2.84. The first kappa shape index (κ1) is 20.7. The van der Waals surface area contributed by atoms with Crippen LogP contribution >= 0.6 is 0 Å². The summed E-state index contributed by atoms with van der Waals surface area (Å²) in [6, 6.07) is 24.3. The number of carbonyl (C=O) groups is 1. The van der Waals surface area contributed by atoms with Crippen molar-refractivity contribution in [3.63, 3.8) is 0 Å². The average Bonchev–Trinajstić information content (AvgIpc) is 2.78. The molecule has 0 radical (unpaired) electrons. The Kier molecular flexibility index (Phi) is 7.28. The number of benzene rings is 3. The van der Waals surface area contributed by atoms with E-state index in [1.54, 1.807) is 7.11 Å².